The number of hydrogen-bond donors (Lipinski definition) is 1. The molecule has 26 heavy (non-hydrogen) atoms. The molecule has 0 unspecified atom stereocenters. The van der Waals surface area contributed by atoms with Gasteiger partial charge in [-0.15, -0.1) is 11.8 Å². The summed E-state index contributed by atoms with van der Waals surface area (Å²) in [7, 11) is 0. The zero-order valence-corrected chi connectivity index (χ0v) is 15.3. The van der Waals surface area contributed by atoms with Crippen molar-refractivity contribution >= 4 is 23.5 Å². The quantitative estimate of drug-likeness (QED) is 0.726. The van der Waals surface area contributed by atoms with Gasteiger partial charge in [-0.3, -0.25) is 4.79 Å². The Morgan fingerprint density at radius 3 is 2.54 bits per heavy atom. The summed E-state index contributed by atoms with van der Waals surface area (Å²) >= 11 is 1.44. The summed E-state index contributed by atoms with van der Waals surface area (Å²) in [5.41, 5.74) is 3.04. The zero-order valence-electron chi connectivity index (χ0n) is 14.4. The molecule has 2 heterocycles. The van der Waals surface area contributed by atoms with Crippen molar-refractivity contribution in [3.8, 4) is 5.69 Å². The number of thioether (sulfide) groups is 1. The number of rotatable bonds is 2. The van der Waals surface area contributed by atoms with Gasteiger partial charge in [0.25, 0.3) is 0 Å². The van der Waals surface area contributed by atoms with E-state index >= 15 is 0 Å². The molecule has 0 saturated carbocycles. The third-order valence-electron chi connectivity index (χ3n) is 4.51. The summed E-state index contributed by atoms with van der Waals surface area (Å²) in [5, 5.41) is 7.02. The number of carbonyl (C=O) groups excluding carboxylic acids is 1. The van der Waals surface area contributed by atoms with Crippen molar-refractivity contribution in [2.75, 3.05) is 5.32 Å². The Hall–Kier alpha value is -2.60. The maximum absolute atomic E-state index is 14.5. The molecular formula is C20H18FN3OS. The van der Waals surface area contributed by atoms with E-state index in [9.17, 15) is 9.18 Å². The maximum atomic E-state index is 14.5. The highest BCUT2D eigenvalue weighted by atomic mass is 32.2. The van der Waals surface area contributed by atoms with Gasteiger partial charge < -0.3 is 5.32 Å². The topological polar surface area (TPSA) is 46.9 Å². The van der Waals surface area contributed by atoms with E-state index in [1.165, 1.54) is 17.8 Å². The van der Waals surface area contributed by atoms with Crippen LogP contribution in [0.25, 0.3) is 5.69 Å². The first-order chi connectivity index (χ1) is 12.6. The third-order valence-corrected chi connectivity index (χ3v) is 5.89. The van der Waals surface area contributed by atoms with Gasteiger partial charge in [-0.2, -0.15) is 5.10 Å². The predicted octanol–water partition coefficient (Wildman–Crippen LogP) is 4.48. The molecule has 4 rings (SSSR count). The van der Waals surface area contributed by atoms with Gasteiger partial charge in [-0.25, -0.2) is 9.07 Å². The Bertz CT molecular complexity index is 970. The van der Waals surface area contributed by atoms with Gasteiger partial charge in [0.05, 0.1) is 21.9 Å². The van der Waals surface area contributed by atoms with E-state index < -0.39 is 0 Å². The van der Waals surface area contributed by atoms with Gasteiger partial charge in [0.1, 0.15) is 11.6 Å². The maximum Gasteiger partial charge on any atom is 0.238 e. The van der Waals surface area contributed by atoms with Gasteiger partial charge in [-0.1, -0.05) is 36.4 Å². The van der Waals surface area contributed by atoms with E-state index in [1.54, 1.807) is 16.8 Å². The molecule has 1 aliphatic rings. The lowest BCUT2D eigenvalue weighted by Crippen LogP contribution is -2.22. The first-order valence-electron chi connectivity index (χ1n) is 8.42. The van der Waals surface area contributed by atoms with Crippen LogP contribution in [0, 0.1) is 12.7 Å². The Morgan fingerprint density at radius 1 is 1.12 bits per heavy atom. The molecule has 2 atom stereocenters. The molecule has 6 heteroatoms. The van der Waals surface area contributed by atoms with Crippen LogP contribution < -0.4 is 5.32 Å². The molecule has 3 aromatic rings. The predicted molar refractivity (Wildman–Crippen MR) is 102 cm³/mol. The first-order valence-corrected chi connectivity index (χ1v) is 9.36. The molecule has 0 saturated heterocycles. The monoisotopic (exact) mass is 367 g/mol. The standard InChI is InChI=1S/C20H18FN3OS/c1-12-17-18(15-10-6-7-11-16(15)21)26-13(2)20(25)22-19(17)24(23-12)14-8-4-3-5-9-14/h3-11,13,18H,1-2H3,(H,22,25)/t13-,18-/m0/s1. The minimum Gasteiger partial charge on any atom is -0.309 e. The second kappa shape index (κ2) is 6.61. The van der Waals surface area contributed by atoms with E-state index in [4.69, 9.17) is 0 Å². The second-order valence-corrected chi connectivity index (χ2v) is 7.71. The molecule has 4 nitrogen and oxygen atoms in total. The van der Waals surface area contributed by atoms with Crippen molar-refractivity contribution in [2.45, 2.75) is 24.3 Å². The molecule has 132 valence electrons. The van der Waals surface area contributed by atoms with Gasteiger partial charge in [0.15, 0.2) is 0 Å². The SMILES string of the molecule is Cc1nn(-c2ccccc2)c2c1[C@H](c1ccccc1F)S[C@@H](C)C(=O)N2. The number of anilines is 1. The van der Waals surface area contributed by atoms with Crippen molar-refractivity contribution in [3.05, 3.63) is 77.2 Å². The highest BCUT2D eigenvalue weighted by Crippen LogP contribution is 2.46. The average molecular weight is 367 g/mol. The highest BCUT2D eigenvalue weighted by Gasteiger charge is 2.35. The molecule has 0 radical (unpaired) electrons. The largest absolute Gasteiger partial charge is 0.309 e. The molecule has 2 aromatic carbocycles. The summed E-state index contributed by atoms with van der Waals surface area (Å²) in [4.78, 5) is 12.6. The van der Waals surface area contributed by atoms with Crippen molar-refractivity contribution in [1.82, 2.24) is 9.78 Å². The summed E-state index contributed by atoms with van der Waals surface area (Å²) in [6, 6.07) is 16.4. The van der Waals surface area contributed by atoms with Crippen molar-refractivity contribution in [2.24, 2.45) is 0 Å². The number of amides is 1. The molecular weight excluding hydrogens is 349 g/mol. The fourth-order valence-corrected chi connectivity index (χ4v) is 4.55. The molecule has 1 aromatic heterocycles. The number of nitrogens with one attached hydrogen (secondary N) is 1. The Kier molecular flexibility index (Phi) is 4.28. The lowest BCUT2D eigenvalue weighted by molar-refractivity contribution is -0.115. The van der Waals surface area contributed by atoms with Gasteiger partial charge in [0, 0.05) is 11.1 Å². The third kappa shape index (κ3) is 2.80. The number of carbonyl (C=O) groups is 1. The fourth-order valence-electron chi connectivity index (χ4n) is 3.20. The second-order valence-electron chi connectivity index (χ2n) is 6.26. The molecule has 0 fully saturated rings. The number of nitrogens with zero attached hydrogens (tertiary/aromatic N) is 2. The van der Waals surface area contributed by atoms with Crippen molar-refractivity contribution in [3.63, 3.8) is 0 Å². The molecule has 1 aliphatic heterocycles. The van der Waals surface area contributed by atoms with Crippen LogP contribution in [0.2, 0.25) is 0 Å². The first kappa shape index (κ1) is 16.8. The molecule has 1 N–H and O–H groups in total. The number of aryl methyl sites for hydroxylation is 1. The Labute approximate surface area is 155 Å². The number of benzene rings is 2. The van der Waals surface area contributed by atoms with Gasteiger partial charge >= 0.3 is 0 Å². The van der Waals surface area contributed by atoms with E-state index in [1.807, 2.05) is 50.2 Å². The van der Waals surface area contributed by atoms with Crippen LogP contribution in [-0.2, 0) is 4.79 Å². The number of halogens is 1. The minimum atomic E-state index is -0.310. The van der Waals surface area contributed by atoms with Crippen LogP contribution in [0.1, 0.15) is 29.0 Å². The van der Waals surface area contributed by atoms with Crippen LogP contribution in [0.5, 0.6) is 0 Å². The Morgan fingerprint density at radius 2 is 1.81 bits per heavy atom. The minimum absolute atomic E-state index is 0.104. The molecule has 0 spiro atoms. The summed E-state index contributed by atoms with van der Waals surface area (Å²) in [6.45, 7) is 3.74. The van der Waals surface area contributed by atoms with Crippen LogP contribution in [-0.4, -0.2) is 20.9 Å². The van der Waals surface area contributed by atoms with E-state index in [2.05, 4.69) is 10.4 Å². The normalized spacial score (nSPS) is 19.6. The molecule has 1 amide bonds. The zero-order chi connectivity index (χ0) is 18.3. The number of aromatic nitrogens is 2. The van der Waals surface area contributed by atoms with Gasteiger partial charge in [0.2, 0.25) is 5.91 Å². The Balaban J connectivity index is 1.94. The number of fused-ring (bicyclic) bond motifs is 1. The molecule has 0 aliphatic carbocycles. The smallest absolute Gasteiger partial charge is 0.238 e. The van der Waals surface area contributed by atoms with Crippen molar-refractivity contribution in [1.29, 1.82) is 0 Å². The van der Waals surface area contributed by atoms with E-state index in [0.717, 1.165) is 16.9 Å². The molecule has 0 bridgehead atoms. The fraction of sp³-hybridized carbons (Fsp3) is 0.200. The lowest BCUT2D eigenvalue weighted by atomic mass is 10.0. The van der Waals surface area contributed by atoms with Crippen LogP contribution in [0.4, 0.5) is 10.2 Å². The number of hydrogen-bond acceptors (Lipinski definition) is 3. The summed E-state index contributed by atoms with van der Waals surface area (Å²) in [6.07, 6.45) is 0. The van der Waals surface area contributed by atoms with Crippen LogP contribution in [0.15, 0.2) is 54.6 Å². The van der Waals surface area contributed by atoms with E-state index in [-0.39, 0.29) is 22.2 Å². The number of para-hydroxylation sites is 1. The highest BCUT2D eigenvalue weighted by molar-refractivity contribution is 8.01. The van der Waals surface area contributed by atoms with Gasteiger partial charge in [-0.05, 0) is 32.0 Å². The van der Waals surface area contributed by atoms with E-state index in [0.29, 0.717) is 11.4 Å². The average Bonchev–Trinajstić information content (AvgIpc) is 2.89. The summed E-state index contributed by atoms with van der Waals surface area (Å²) in [5.74, 6) is 0.236. The van der Waals surface area contributed by atoms with Crippen LogP contribution in [0.3, 0.4) is 0 Å². The lowest BCUT2D eigenvalue weighted by Gasteiger charge is -2.18. The summed E-state index contributed by atoms with van der Waals surface area (Å²) < 4.78 is 16.3. The van der Waals surface area contributed by atoms with Crippen molar-refractivity contribution < 1.29 is 9.18 Å². The van der Waals surface area contributed by atoms with Crippen LogP contribution >= 0.6 is 11.8 Å².